The topological polar surface area (TPSA) is 58.6 Å². The smallest absolute Gasteiger partial charge is 0.307 e. The molecule has 0 aliphatic heterocycles. The van der Waals surface area contributed by atoms with E-state index in [0.717, 1.165) is 25.7 Å². The molecular weight excluding hydrogens is 266 g/mol. The zero-order chi connectivity index (χ0) is 15.6. The van der Waals surface area contributed by atoms with Crippen molar-refractivity contribution in [3.05, 3.63) is 0 Å². The Hall–Kier alpha value is -0.610. The van der Waals surface area contributed by atoms with Crippen LogP contribution in [0.1, 0.15) is 59.3 Å². The van der Waals surface area contributed by atoms with E-state index >= 15 is 0 Å². The molecule has 0 spiro atoms. The molecule has 2 N–H and O–H groups in total. The number of carbonyl (C=O) groups is 1. The molecule has 2 fully saturated rings. The first-order valence-corrected chi connectivity index (χ1v) is 8.38. The van der Waals surface area contributed by atoms with Crippen LogP contribution in [0.15, 0.2) is 0 Å². The van der Waals surface area contributed by atoms with Crippen LogP contribution in [0.3, 0.4) is 0 Å². The number of nitrogens with one attached hydrogen (secondary N) is 1. The van der Waals surface area contributed by atoms with E-state index in [1.54, 1.807) is 7.11 Å². The predicted octanol–water partition coefficient (Wildman–Crippen LogP) is 3.06. The van der Waals surface area contributed by atoms with Gasteiger partial charge in [-0.25, -0.2) is 0 Å². The molecule has 3 unspecified atom stereocenters. The molecule has 4 heteroatoms. The normalized spacial score (nSPS) is 39.9. The van der Waals surface area contributed by atoms with Crippen LogP contribution in [-0.4, -0.2) is 36.4 Å². The molecule has 122 valence electrons. The Balaban J connectivity index is 1.92. The second-order valence-corrected chi connectivity index (χ2v) is 7.56. The third-order valence-electron chi connectivity index (χ3n) is 6.20. The van der Waals surface area contributed by atoms with Crippen LogP contribution >= 0.6 is 0 Å². The van der Waals surface area contributed by atoms with Gasteiger partial charge in [0.15, 0.2) is 0 Å². The van der Waals surface area contributed by atoms with Crippen LogP contribution in [0.4, 0.5) is 0 Å². The van der Waals surface area contributed by atoms with Crippen molar-refractivity contribution in [1.29, 1.82) is 0 Å². The lowest BCUT2D eigenvalue weighted by atomic mass is 9.61. The number of hydrogen-bond acceptors (Lipinski definition) is 3. The van der Waals surface area contributed by atoms with Crippen molar-refractivity contribution in [3.63, 3.8) is 0 Å². The average Bonchev–Trinajstić information content (AvgIpc) is 2.44. The Morgan fingerprint density at radius 3 is 2.29 bits per heavy atom. The van der Waals surface area contributed by atoms with E-state index < -0.39 is 5.97 Å². The molecule has 2 aliphatic carbocycles. The first kappa shape index (κ1) is 16.8. The Bertz CT molecular complexity index is 361. The molecule has 2 rings (SSSR count). The fraction of sp³-hybridized carbons (Fsp3) is 0.941. The molecule has 0 heterocycles. The summed E-state index contributed by atoms with van der Waals surface area (Å²) in [7, 11) is 1.80. The van der Waals surface area contributed by atoms with Gasteiger partial charge in [-0.3, -0.25) is 4.79 Å². The summed E-state index contributed by atoms with van der Waals surface area (Å²) in [6.45, 7) is 6.45. The van der Waals surface area contributed by atoms with Gasteiger partial charge in [-0.1, -0.05) is 20.8 Å². The Labute approximate surface area is 128 Å². The van der Waals surface area contributed by atoms with Gasteiger partial charge in [-0.05, 0) is 49.9 Å². The zero-order valence-electron chi connectivity index (χ0n) is 13.9. The molecule has 2 aliphatic rings. The molecular formula is C17H31NO3. The number of hydrogen-bond donors (Lipinski definition) is 2. The molecule has 0 amide bonds. The minimum atomic E-state index is -0.633. The highest BCUT2D eigenvalue weighted by Crippen LogP contribution is 2.45. The Kier molecular flexibility index (Phi) is 5.31. The molecule has 0 bridgehead atoms. The van der Waals surface area contributed by atoms with E-state index in [9.17, 15) is 9.90 Å². The van der Waals surface area contributed by atoms with Crippen molar-refractivity contribution in [2.24, 2.45) is 17.3 Å². The van der Waals surface area contributed by atoms with Crippen LogP contribution in [0.2, 0.25) is 0 Å². The minimum absolute atomic E-state index is 0.147. The maximum absolute atomic E-state index is 11.4. The molecule has 21 heavy (non-hydrogen) atoms. The molecule has 0 radical (unpaired) electrons. The summed E-state index contributed by atoms with van der Waals surface area (Å²) in [6.07, 6.45) is 6.81. The van der Waals surface area contributed by atoms with Crippen LogP contribution in [-0.2, 0) is 9.53 Å². The van der Waals surface area contributed by atoms with Crippen molar-refractivity contribution in [1.82, 2.24) is 5.32 Å². The SMILES string of the molecule is COC1CCC(NC2CCC(C(=O)O)C(C)(C)C2C)CC1. The summed E-state index contributed by atoms with van der Waals surface area (Å²) in [5.74, 6) is -0.465. The Morgan fingerprint density at radius 1 is 1.14 bits per heavy atom. The average molecular weight is 297 g/mol. The third-order valence-corrected chi connectivity index (χ3v) is 6.20. The highest BCUT2D eigenvalue weighted by atomic mass is 16.5. The summed E-state index contributed by atoms with van der Waals surface area (Å²) >= 11 is 0. The summed E-state index contributed by atoms with van der Waals surface area (Å²) in [5.41, 5.74) is -0.147. The first-order valence-electron chi connectivity index (χ1n) is 8.38. The number of carboxylic acid groups (broad SMARTS) is 1. The van der Waals surface area contributed by atoms with Gasteiger partial charge in [0.1, 0.15) is 0 Å². The monoisotopic (exact) mass is 297 g/mol. The second kappa shape index (κ2) is 6.66. The van der Waals surface area contributed by atoms with E-state index in [4.69, 9.17) is 4.74 Å². The molecule has 2 saturated carbocycles. The van der Waals surface area contributed by atoms with Gasteiger partial charge in [0.25, 0.3) is 0 Å². The van der Waals surface area contributed by atoms with Gasteiger partial charge in [0.05, 0.1) is 12.0 Å². The van der Waals surface area contributed by atoms with Gasteiger partial charge in [0.2, 0.25) is 0 Å². The number of aliphatic carboxylic acids is 1. The summed E-state index contributed by atoms with van der Waals surface area (Å²) in [6, 6.07) is 1.01. The summed E-state index contributed by atoms with van der Waals surface area (Å²) in [4.78, 5) is 11.4. The van der Waals surface area contributed by atoms with Crippen LogP contribution < -0.4 is 5.32 Å². The van der Waals surface area contributed by atoms with Crippen LogP contribution in [0, 0.1) is 17.3 Å². The van der Waals surface area contributed by atoms with E-state index in [-0.39, 0.29) is 11.3 Å². The lowest BCUT2D eigenvalue weighted by molar-refractivity contribution is -0.150. The molecule has 3 atom stereocenters. The lowest BCUT2D eigenvalue weighted by Gasteiger charge is -2.47. The van der Waals surface area contributed by atoms with Crippen molar-refractivity contribution in [3.8, 4) is 0 Å². The van der Waals surface area contributed by atoms with Crippen LogP contribution in [0.25, 0.3) is 0 Å². The maximum atomic E-state index is 11.4. The first-order chi connectivity index (χ1) is 9.86. The molecule has 0 saturated heterocycles. The van der Waals surface area contributed by atoms with E-state index in [1.165, 1.54) is 12.8 Å². The maximum Gasteiger partial charge on any atom is 0.307 e. The van der Waals surface area contributed by atoms with Gasteiger partial charge < -0.3 is 15.2 Å². The quantitative estimate of drug-likeness (QED) is 0.837. The van der Waals surface area contributed by atoms with E-state index in [1.807, 2.05) is 0 Å². The third kappa shape index (κ3) is 3.59. The molecule has 0 aromatic rings. The standard InChI is InChI=1S/C17H31NO3/c1-11-15(10-9-14(16(19)20)17(11,2)3)18-12-5-7-13(21-4)8-6-12/h11-15,18H,5-10H2,1-4H3,(H,19,20). The van der Waals surface area contributed by atoms with E-state index in [0.29, 0.717) is 24.1 Å². The van der Waals surface area contributed by atoms with Crippen molar-refractivity contribution >= 4 is 5.97 Å². The highest BCUT2D eigenvalue weighted by molar-refractivity contribution is 5.71. The second-order valence-electron chi connectivity index (χ2n) is 7.56. The van der Waals surface area contributed by atoms with Gasteiger partial charge in [-0.15, -0.1) is 0 Å². The highest BCUT2D eigenvalue weighted by Gasteiger charge is 2.46. The number of carboxylic acids is 1. The largest absolute Gasteiger partial charge is 0.481 e. The predicted molar refractivity (Wildman–Crippen MR) is 83.3 cm³/mol. The van der Waals surface area contributed by atoms with Crippen LogP contribution in [0.5, 0.6) is 0 Å². The fourth-order valence-corrected chi connectivity index (χ4v) is 4.24. The zero-order valence-corrected chi connectivity index (χ0v) is 13.9. The summed E-state index contributed by atoms with van der Waals surface area (Å²) in [5, 5.41) is 13.2. The van der Waals surface area contributed by atoms with E-state index in [2.05, 4.69) is 26.1 Å². The summed E-state index contributed by atoms with van der Waals surface area (Å²) < 4.78 is 5.43. The molecule has 0 aromatic carbocycles. The van der Waals surface area contributed by atoms with Crippen molar-refractivity contribution in [2.75, 3.05) is 7.11 Å². The number of ether oxygens (including phenoxy) is 1. The molecule has 4 nitrogen and oxygen atoms in total. The Morgan fingerprint density at radius 2 is 1.76 bits per heavy atom. The molecule has 0 aromatic heterocycles. The minimum Gasteiger partial charge on any atom is -0.481 e. The van der Waals surface area contributed by atoms with Crippen molar-refractivity contribution in [2.45, 2.75) is 77.5 Å². The lowest BCUT2D eigenvalue weighted by Crippen LogP contribution is -2.54. The van der Waals surface area contributed by atoms with Crippen molar-refractivity contribution < 1.29 is 14.6 Å². The number of methoxy groups -OCH3 is 1. The van der Waals surface area contributed by atoms with Gasteiger partial charge >= 0.3 is 5.97 Å². The number of rotatable bonds is 4. The van der Waals surface area contributed by atoms with Gasteiger partial charge in [-0.2, -0.15) is 0 Å². The van der Waals surface area contributed by atoms with Gasteiger partial charge in [0, 0.05) is 19.2 Å². The fourth-order valence-electron chi connectivity index (χ4n) is 4.24.